The number of hydrogen-bond acceptors (Lipinski definition) is 26. The van der Waals surface area contributed by atoms with Crippen LogP contribution in [0.5, 0.6) is 0 Å². The summed E-state index contributed by atoms with van der Waals surface area (Å²) in [7, 11) is 0. The molecule has 0 aromatic carbocycles. The second-order valence-electron chi connectivity index (χ2n) is 15.5. The average molecular weight is 911 g/mol. The van der Waals surface area contributed by atoms with Gasteiger partial charge in [-0.1, -0.05) is 0 Å². The van der Waals surface area contributed by atoms with Crippen LogP contribution in [0.1, 0.15) is 13.8 Å². The highest BCUT2D eigenvalue weighted by Crippen LogP contribution is 2.35. The van der Waals surface area contributed by atoms with Crippen molar-refractivity contribution < 1.29 is 129 Å². The third kappa shape index (κ3) is 11.0. The van der Waals surface area contributed by atoms with Gasteiger partial charge in [-0.2, -0.15) is 0 Å². The summed E-state index contributed by atoms with van der Waals surface area (Å²) >= 11 is 0. The minimum absolute atomic E-state index is 0.697. The molecule has 0 radical (unpaired) electrons. The van der Waals surface area contributed by atoms with Crippen LogP contribution in [0, 0.1) is 0 Å². The monoisotopic (exact) mass is 910 g/mol. The molecule has 25 atom stereocenters. The zero-order valence-electron chi connectivity index (χ0n) is 33.2. The van der Waals surface area contributed by atoms with Crippen molar-refractivity contribution in [2.45, 2.75) is 167 Å². The Labute approximate surface area is 351 Å². The predicted octanol–water partition coefficient (Wildman–Crippen LogP) is -11.6. The van der Waals surface area contributed by atoms with Crippen LogP contribution in [0.3, 0.4) is 0 Å². The van der Waals surface area contributed by atoms with Crippen LogP contribution in [-0.4, -0.2) is 275 Å². The van der Waals surface area contributed by atoms with Crippen molar-refractivity contribution in [2.75, 3.05) is 33.0 Å². The standard InChI is InChI=1S/C34H58N2O26/c1-8(41)35-15-20(46)27(12(5-39)55-30(15)53)60-31-16(36-9(2)42)21(47)28(13(6-40)58-31)61-34-29(62-33-26(52)23(49)18(44)11(4-38)57-33)24(50)19(45)14(59-34)7-54-32-25(51)22(48)17(43)10(3-37)56-32/h10-34,37-40,43-53H,3-7H2,1-2H3,(H,35,41)(H,36,42)/t10-,11-,12-,13-,14-,15-,16-,17-,18-,19-,20-,21-,22+,23+,24+,25+,26+,27-,28-,29+,30-,31+,32+,33-,34-/m1/s1. The number of carbonyl (C=O) groups excluding carboxylic acids is 2. The number of nitrogens with one attached hydrogen (secondary N) is 2. The van der Waals surface area contributed by atoms with Gasteiger partial charge in [0.2, 0.25) is 11.8 Å². The van der Waals surface area contributed by atoms with Crippen molar-refractivity contribution in [3.05, 3.63) is 0 Å². The molecule has 5 heterocycles. The fourth-order valence-electron chi connectivity index (χ4n) is 7.72. The maximum absolute atomic E-state index is 12.5. The second-order valence-corrected chi connectivity index (χ2v) is 15.5. The lowest BCUT2D eigenvalue weighted by Gasteiger charge is -2.50. The van der Waals surface area contributed by atoms with E-state index >= 15 is 0 Å². The molecule has 0 aliphatic carbocycles. The average Bonchev–Trinajstić information content (AvgIpc) is 3.23. The molecule has 5 fully saturated rings. The molecular formula is C34H58N2O26. The maximum atomic E-state index is 12.5. The Hall–Kier alpha value is -2.02. The smallest absolute Gasteiger partial charge is 0.217 e. The SMILES string of the molecule is CC(=O)N[C@@H]1[C@@H](O)[C@H](O[C@@H]2O[C@H](CO)[C@@H](O[C@H]3O[C@H](CO[C@H]4O[C@H](CO)[C@@H](O)[C@H](O)[C@@H]4O)[C@@H](O)[C@H](O)[C@@H]3O[C@H]3O[C@H](CO)[C@@H](O)[C@H](O)[C@@H]3O)[C@H](O)[C@H]2NC(C)=O)[C@@H](CO)O[C@H]1O. The van der Waals surface area contributed by atoms with E-state index < -0.39 is 198 Å². The van der Waals surface area contributed by atoms with Gasteiger partial charge in [0.15, 0.2) is 31.5 Å². The van der Waals surface area contributed by atoms with Crippen LogP contribution in [0.2, 0.25) is 0 Å². The highest BCUT2D eigenvalue weighted by atomic mass is 16.8. The van der Waals surface area contributed by atoms with Gasteiger partial charge in [-0.15, -0.1) is 0 Å². The van der Waals surface area contributed by atoms with Crippen molar-refractivity contribution in [3.63, 3.8) is 0 Å². The zero-order valence-corrected chi connectivity index (χ0v) is 33.2. The molecule has 5 saturated heterocycles. The fraction of sp³-hybridized carbons (Fsp3) is 0.941. The van der Waals surface area contributed by atoms with E-state index in [-0.39, 0.29) is 0 Å². The number of amides is 2. The first kappa shape index (κ1) is 51.0. The third-order valence-electron chi connectivity index (χ3n) is 11.1. The van der Waals surface area contributed by atoms with E-state index in [9.17, 15) is 86.2 Å². The summed E-state index contributed by atoms with van der Waals surface area (Å²) in [6.45, 7) is -2.32. The Morgan fingerprint density at radius 2 is 0.823 bits per heavy atom. The Morgan fingerprint density at radius 1 is 0.419 bits per heavy atom. The van der Waals surface area contributed by atoms with Gasteiger partial charge in [-0.25, -0.2) is 0 Å². The second kappa shape index (κ2) is 22.0. The molecule has 62 heavy (non-hydrogen) atoms. The molecule has 5 aliphatic rings. The molecule has 28 heteroatoms. The first-order valence-corrected chi connectivity index (χ1v) is 19.6. The van der Waals surface area contributed by atoms with Gasteiger partial charge in [0, 0.05) is 13.8 Å². The molecule has 0 saturated carbocycles. The predicted molar refractivity (Wildman–Crippen MR) is 190 cm³/mol. The van der Waals surface area contributed by atoms with Gasteiger partial charge < -0.3 is 130 Å². The highest BCUT2D eigenvalue weighted by Gasteiger charge is 2.56. The molecule has 5 rings (SSSR count). The summed E-state index contributed by atoms with van der Waals surface area (Å²) in [5.74, 6) is -1.50. The maximum Gasteiger partial charge on any atom is 0.217 e. The van der Waals surface area contributed by atoms with E-state index in [1.165, 1.54) is 0 Å². The van der Waals surface area contributed by atoms with Crippen molar-refractivity contribution in [3.8, 4) is 0 Å². The molecule has 0 unspecified atom stereocenters. The number of rotatable bonds is 15. The molecule has 0 spiro atoms. The molecule has 5 aliphatic heterocycles. The zero-order chi connectivity index (χ0) is 45.9. The number of carbonyl (C=O) groups is 2. The van der Waals surface area contributed by atoms with Gasteiger partial charge in [0.25, 0.3) is 0 Å². The van der Waals surface area contributed by atoms with Crippen LogP contribution in [0.4, 0.5) is 0 Å². The van der Waals surface area contributed by atoms with E-state index in [2.05, 4.69) is 10.6 Å². The minimum atomic E-state index is -2.16. The van der Waals surface area contributed by atoms with Crippen LogP contribution in [0.15, 0.2) is 0 Å². The summed E-state index contributed by atoms with van der Waals surface area (Å²) in [6, 6.07) is -3.21. The van der Waals surface area contributed by atoms with E-state index in [0.29, 0.717) is 0 Å². The van der Waals surface area contributed by atoms with E-state index in [0.717, 1.165) is 13.8 Å². The van der Waals surface area contributed by atoms with Gasteiger partial charge >= 0.3 is 0 Å². The van der Waals surface area contributed by atoms with Crippen molar-refractivity contribution in [2.24, 2.45) is 0 Å². The summed E-state index contributed by atoms with van der Waals surface area (Å²) in [4.78, 5) is 24.3. The van der Waals surface area contributed by atoms with Crippen molar-refractivity contribution in [1.29, 1.82) is 0 Å². The van der Waals surface area contributed by atoms with E-state index in [4.69, 9.17) is 42.6 Å². The summed E-state index contributed by atoms with van der Waals surface area (Å²) in [6.07, 6.45) is -42.4. The number of aliphatic hydroxyl groups excluding tert-OH is 15. The van der Waals surface area contributed by atoms with Crippen LogP contribution in [0.25, 0.3) is 0 Å². The van der Waals surface area contributed by atoms with E-state index in [1.54, 1.807) is 0 Å². The third-order valence-corrected chi connectivity index (χ3v) is 11.1. The minimum Gasteiger partial charge on any atom is -0.394 e. The lowest BCUT2D eigenvalue weighted by Crippen LogP contribution is -2.70. The van der Waals surface area contributed by atoms with E-state index in [1.807, 2.05) is 0 Å². The first-order valence-electron chi connectivity index (χ1n) is 19.6. The lowest BCUT2D eigenvalue weighted by atomic mass is 9.94. The van der Waals surface area contributed by atoms with Gasteiger partial charge in [0.1, 0.15) is 122 Å². The highest BCUT2D eigenvalue weighted by molar-refractivity contribution is 5.73. The summed E-state index contributed by atoms with van der Waals surface area (Å²) in [5, 5.41) is 163. The quantitative estimate of drug-likeness (QED) is 0.0725. The number of ether oxygens (including phenoxy) is 9. The molecule has 0 bridgehead atoms. The molecular weight excluding hydrogens is 852 g/mol. The van der Waals surface area contributed by atoms with Crippen LogP contribution < -0.4 is 10.6 Å². The number of aliphatic hydroxyl groups is 15. The Morgan fingerprint density at radius 3 is 1.35 bits per heavy atom. The molecule has 17 N–H and O–H groups in total. The topological polar surface area (TPSA) is 445 Å². The normalized spacial score (nSPS) is 49.0. The molecule has 28 nitrogen and oxygen atoms in total. The molecule has 2 amide bonds. The van der Waals surface area contributed by atoms with Crippen molar-refractivity contribution >= 4 is 11.8 Å². The Bertz CT molecular complexity index is 1440. The lowest BCUT2D eigenvalue weighted by molar-refractivity contribution is -0.391. The molecule has 360 valence electrons. The fourth-order valence-corrected chi connectivity index (χ4v) is 7.72. The summed E-state index contributed by atoms with van der Waals surface area (Å²) < 4.78 is 51.1. The largest absolute Gasteiger partial charge is 0.394 e. The molecule has 0 aromatic rings. The van der Waals surface area contributed by atoms with Gasteiger partial charge in [0.05, 0.1) is 33.0 Å². The number of hydrogen-bond donors (Lipinski definition) is 17. The van der Waals surface area contributed by atoms with Crippen LogP contribution >= 0.6 is 0 Å². The van der Waals surface area contributed by atoms with Crippen LogP contribution in [-0.2, 0) is 52.2 Å². The molecule has 0 aromatic heterocycles. The summed E-state index contributed by atoms with van der Waals surface area (Å²) in [5.41, 5.74) is 0. The van der Waals surface area contributed by atoms with Gasteiger partial charge in [-0.3, -0.25) is 9.59 Å². The Balaban J connectivity index is 1.43. The van der Waals surface area contributed by atoms with Gasteiger partial charge in [-0.05, 0) is 0 Å². The van der Waals surface area contributed by atoms with Crippen molar-refractivity contribution in [1.82, 2.24) is 10.6 Å². The Kier molecular flexibility index (Phi) is 18.1. The first-order chi connectivity index (χ1) is 29.3.